The molecule has 29 heavy (non-hydrogen) atoms. The van der Waals surface area contributed by atoms with E-state index < -0.39 is 9.84 Å². The highest BCUT2D eigenvalue weighted by atomic mass is 32.2. The predicted octanol–water partition coefficient (Wildman–Crippen LogP) is 4.32. The van der Waals surface area contributed by atoms with E-state index in [4.69, 9.17) is 0 Å². The summed E-state index contributed by atoms with van der Waals surface area (Å²) in [5, 5.41) is 3.19. The standard InChI is InChI=1S/C21H17N3O3S2/c1-13-16(9-11-17(22-13)14-6-4-3-5-7-14)20(25)24-21-23-18-10-8-15(29(2,26)27)12-19(18)28-21/h3-12H,1-2H3,(H,23,24,25). The molecule has 0 bridgehead atoms. The lowest BCUT2D eigenvalue weighted by Crippen LogP contribution is -2.14. The number of sulfone groups is 1. The van der Waals surface area contributed by atoms with Crippen LogP contribution in [0.5, 0.6) is 0 Å². The highest BCUT2D eigenvalue weighted by Gasteiger charge is 2.15. The van der Waals surface area contributed by atoms with Gasteiger partial charge in [0.2, 0.25) is 0 Å². The van der Waals surface area contributed by atoms with E-state index in [9.17, 15) is 13.2 Å². The maximum Gasteiger partial charge on any atom is 0.259 e. The molecule has 146 valence electrons. The van der Waals surface area contributed by atoms with Crippen molar-refractivity contribution in [2.75, 3.05) is 11.6 Å². The summed E-state index contributed by atoms with van der Waals surface area (Å²) in [7, 11) is -3.30. The molecular formula is C21H17N3O3S2. The number of hydrogen-bond acceptors (Lipinski definition) is 6. The smallest absolute Gasteiger partial charge is 0.259 e. The van der Waals surface area contributed by atoms with Crippen molar-refractivity contribution in [3.8, 4) is 11.3 Å². The zero-order chi connectivity index (χ0) is 20.6. The first kappa shape index (κ1) is 19.2. The number of aryl methyl sites for hydroxylation is 1. The molecule has 1 N–H and O–H groups in total. The molecule has 8 heteroatoms. The Kier molecular flexibility index (Phi) is 4.89. The number of nitrogens with one attached hydrogen (secondary N) is 1. The zero-order valence-corrected chi connectivity index (χ0v) is 17.3. The molecule has 4 aromatic rings. The number of amides is 1. The van der Waals surface area contributed by atoms with Crippen LogP contribution < -0.4 is 5.32 Å². The van der Waals surface area contributed by atoms with Crippen molar-refractivity contribution in [2.45, 2.75) is 11.8 Å². The van der Waals surface area contributed by atoms with Gasteiger partial charge in [0, 0.05) is 11.8 Å². The topological polar surface area (TPSA) is 89.0 Å². The fourth-order valence-electron chi connectivity index (χ4n) is 2.92. The van der Waals surface area contributed by atoms with Gasteiger partial charge < -0.3 is 0 Å². The minimum absolute atomic E-state index is 0.225. The molecule has 2 aromatic carbocycles. The van der Waals surface area contributed by atoms with E-state index in [-0.39, 0.29) is 10.8 Å². The van der Waals surface area contributed by atoms with E-state index in [0.717, 1.165) is 17.5 Å². The summed E-state index contributed by atoms with van der Waals surface area (Å²) in [5.74, 6) is -0.308. The summed E-state index contributed by atoms with van der Waals surface area (Å²) in [6.45, 7) is 1.79. The Balaban J connectivity index is 1.59. The maximum absolute atomic E-state index is 12.7. The molecule has 1 amide bonds. The number of carbonyl (C=O) groups excluding carboxylic acids is 1. The third-order valence-electron chi connectivity index (χ3n) is 4.41. The molecular weight excluding hydrogens is 406 g/mol. The van der Waals surface area contributed by atoms with Crippen LogP contribution in [-0.4, -0.2) is 30.5 Å². The molecule has 0 aliphatic heterocycles. The van der Waals surface area contributed by atoms with Crippen molar-refractivity contribution in [1.82, 2.24) is 9.97 Å². The Labute approximate surface area is 172 Å². The second-order valence-corrected chi connectivity index (χ2v) is 9.62. The van der Waals surface area contributed by atoms with Crippen LogP contribution in [0.1, 0.15) is 16.1 Å². The summed E-state index contributed by atoms with van der Waals surface area (Å²) < 4.78 is 24.1. The molecule has 0 radical (unpaired) electrons. The summed E-state index contributed by atoms with van der Waals surface area (Å²) >= 11 is 1.23. The fourth-order valence-corrected chi connectivity index (χ4v) is 4.55. The van der Waals surface area contributed by atoms with E-state index in [1.54, 1.807) is 25.1 Å². The Bertz CT molecular complexity index is 1330. The van der Waals surface area contributed by atoms with Crippen molar-refractivity contribution in [3.05, 3.63) is 71.9 Å². The molecule has 0 atom stereocenters. The highest BCUT2D eigenvalue weighted by Crippen LogP contribution is 2.29. The van der Waals surface area contributed by atoms with Crippen molar-refractivity contribution in [1.29, 1.82) is 0 Å². The van der Waals surface area contributed by atoms with Gasteiger partial charge >= 0.3 is 0 Å². The van der Waals surface area contributed by atoms with Crippen LogP contribution in [0.4, 0.5) is 5.13 Å². The van der Waals surface area contributed by atoms with E-state index >= 15 is 0 Å². The van der Waals surface area contributed by atoms with E-state index in [1.807, 2.05) is 36.4 Å². The lowest BCUT2D eigenvalue weighted by molar-refractivity contribution is 0.102. The van der Waals surface area contributed by atoms with Crippen molar-refractivity contribution < 1.29 is 13.2 Å². The van der Waals surface area contributed by atoms with Crippen molar-refractivity contribution >= 4 is 42.4 Å². The first-order valence-electron chi connectivity index (χ1n) is 8.76. The lowest BCUT2D eigenvalue weighted by atomic mass is 10.1. The van der Waals surface area contributed by atoms with E-state index in [0.29, 0.717) is 26.6 Å². The molecule has 2 heterocycles. The quantitative estimate of drug-likeness (QED) is 0.528. The largest absolute Gasteiger partial charge is 0.298 e. The number of aromatic nitrogens is 2. The van der Waals surface area contributed by atoms with Gasteiger partial charge in [-0.3, -0.25) is 15.1 Å². The number of pyridine rings is 1. The second-order valence-electron chi connectivity index (χ2n) is 6.57. The van der Waals surface area contributed by atoms with Gasteiger partial charge in [0.15, 0.2) is 15.0 Å². The first-order valence-corrected chi connectivity index (χ1v) is 11.5. The average molecular weight is 424 g/mol. The summed E-state index contributed by atoms with van der Waals surface area (Å²) in [6.07, 6.45) is 1.16. The van der Waals surface area contributed by atoms with Crippen LogP contribution in [0.25, 0.3) is 21.5 Å². The van der Waals surface area contributed by atoms with Gasteiger partial charge in [0.05, 0.1) is 32.1 Å². The number of fused-ring (bicyclic) bond motifs is 1. The van der Waals surface area contributed by atoms with Gasteiger partial charge in [-0.05, 0) is 37.3 Å². The SMILES string of the molecule is Cc1nc(-c2ccccc2)ccc1C(=O)Nc1nc2ccc(S(C)(=O)=O)cc2s1. The first-order chi connectivity index (χ1) is 13.8. The van der Waals surface area contributed by atoms with Crippen LogP contribution in [0.3, 0.4) is 0 Å². The van der Waals surface area contributed by atoms with Gasteiger partial charge in [0.25, 0.3) is 5.91 Å². The van der Waals surface area contributed by atoms with Gasteiger partial charge in [-0.2, -0.15) is 0 Å². The minimum atomic E-state index is -3.30. The van der Waals surface area contributed by atoms with Gasteiger partial charge in [-0.1, -0.05) is 41.7 Å². The molecule has 2 aromatic heterocycles. The van der Waals surface area contributed by atoms with Crippen molar-refractivity contribution in [2.24, 2.45) is 0 Å². The molecule has 6 nitrogen and oxygen atoms in total. The molecule has 0 saturated heterocycles. The molecule has 4 rings (SSSR count). The minimum Gasteiger partial charge on any atom is -0.298 e. The summed E-state index contributed by atoms with van der Waals surface area (Å²) in [4.78, 5) is 21.8. The van der Waals surface area contributed by atoms with E-state index in [1.165, 1.54) is 17.4 Å². The maximum atomic E-state index is 12.7. The number of nitrogens with zero attached hydrogens (tertiary/aromatic N) is 2. The van der Waals surface area contributed by atoms with Gasteiger partial charge in [-0.15, -0.1) is 0 Å². The third-order valence-corrected chi connectivity index (χ3v) is 6.45. The Morgan fingerprint density at radius 3 is 2.45 bits per heavy atom. The number of carbonyl (C=O) groups is 1. The number of anilines is 1. The number of rotatable bonds is 4. The third kappa shape index (κ3) is 4.03. The Hall–Kier alpha value is -3.10. The highest BCUT2D eigenvalue weighted by molar-refractivity contribution is 7.90. The molecule has 0 unspecified atom stereocenters. The fraction of sp³-hybridized carbons (Fsp3) is 0.0952. The molecule has 0 fully saturated rings. The van der Waals surface area contributed by atoms with Gasteiger partial charge in [0.1, 0.15) is 0 Å². The Morgan fingerprint density at radius 1 is 1.00 bits per heavy atom. The summed E-state index contributed by atoms with van der Waals surface area (Å²) in [5.41, 5.74) is 3.49. The second kappa shape index (κ2) is 7.38. The molecule has 0 aliphatic carbocycles. The van der Waals surface area contributed by atoms with Crippen molar-refractivity contribution in [3.63, 3.8) is 0 Å². The van der Waals surface area contributed by atoms with Crippen LogP contribution in [0, 0.1) is 6.92 Å². The number of hydrogen-bond donors (Lipinski definition) is 1. The summed E-state index contributed by atoms with van der Waals surface area (Å²) in [6, 6.07) is 18.0. The molecule has 0 spiro atoms. The van der Waals surface area contributed by atoms with Crippen LogP contribution in [0.2, 0.25) is 0 Å². The predicted molar refractivity (Wildman–Crippen MR) is 115 cm³/mol. The monoisotopic (exact) mass is 423 g/mol. The van der Waals surface area contributed by atoms with E-state index in [2.05, 4.69) is 15.3 Å². The number of benzene rings is 2. The average Bonchev–Trinajstić information content (AvgIpc) is 3.09. The number of thiazole rings is 1. The van der Waals surface area contributed by atoms with Crippen LogP contribution in [-0.2, 0) is 9.84 Å². The van der Waals surface area contributed by atoms with Gasteiger partial charge in [-0.25, -0.2) is 13.4 Å². The molecule has 0 aliphatic rings. The lowest BCUT2D eigenvalue weighted by Gasteiger charge is -2.07. The normalized spacial score (nSPS) is 11.5. The van der Waals surface area contributed by atoms with Crippen LogP contribution >= 0.6 is 11.3 Å². The zero-order valence-electron chi connectivity index (χ0n) is 15.7. The Morgan fingerprint density at radius 2 is 1.76 bits per heavy atom. The molecule has 0 saturated carbocycles. The van der Waals surface area contributed by atoms with Crippen LogP contribution in [0.15, 0.2) is 65.6 Å².